The first-order chi connectivity index (χ1) is 11.5. The van der Waals surface area contributed by atoms with Crippen LogP contribution in [0.1, 0.15) is 30.0 Å². The first kappa shape index (κ1) is 16.0. The molecule has 0 atom stereocenters. The number of nitrogens with zero attached hydrogens (tertiary/aromatic N) is 1. The Bertz CT molecular complexity index is 873. The lowest BCUT2D eigenvalue weighted by molar-refractivity contribution is 0.0371. The number of hydrogen-bond donors (Lipinski definition) is 0. The molecule has 0 spiro atoms. The van der Waals surface area contributed by atoms with Crippen molar-refractivity contribution in [3.8, 4) is 11.5 Å². The van der Waals surface area contributed by atoms with Gasteiger partial charge in [-0.1, -0.05) is 24.3 Å². The highest BCUT2D eigenvalue weighted by Crippen LogP contribution is 2.27. The van der Waals surface area contributed by atoms with E-state index in [2.05, 4.69) is 4.98 Å². The number of hydrogen-bond acceptors (Lipinski definition) is 4. The van der Waals surface area contributed by atoms with Gasteiger partial charge in [0.25, 0.3) is 0 Å². The maximum atomic E-state index is 12.0. The smallest absolute Gasteiger partial charge is 0.357 e. The molecule has 1 aromatic heterocycles. The number of aryl methyl sites for hydroxylation is 1. The van der Waals surface area contributed by atoms with Crippen molar-refractivity contribution >= 4 is 16.7 Å². The average Bonchev–Trinajstić information content (AvgIpc) is 2.55. The standard InChI is InChI=1S/C20H19NO3/c1-13(2)23-20(22)19-11-15-9-10-17(12-18(15)14(3)21-19)24-16-7-5-4-6-8-16/h4-13H,1-3H3. The lowest BCUT2D eigenvalue weighted by Crippen LogP contribution is -2.13. The number of aromatic nitrogens is 1. The zero-order valence-corrected chi connectivity index (χ0v) is 13.9. The van der Waals surface area contributed by atoms with E-state index in [4.69, 9.17) is 9.47 Å². The third-order valence-corrected chi connectivity index (χ3v) is 3.53. The molecule has 0 aliphatic carbocycles. The van der Waals surface area contributed by atoms with E-state index in [-0.39, 0.29) is 6.10 Å². The van der Waals surface area contributed by atoms with Crippen molar-refractivity contribution in [3.05, 3.63) is 66.0 Å². The largest absolute Gasteiger partial charge is 0.458 e. The van der Waals surface area contributed by atoms with Gasteiger partial charge in [0, 0.05) is 11.1 Å². The molecule has 4 nitrogen and oxygen atoms in total. The fraction of sp³-hybridized carbons (Fsp3) is 0.200. The molecular formula is C20H19NO3. The van der Waals surface area contributed by atoms with Crippen LogP contribution < -0.4 is 4.74 Å². The van der Waals surface area contributed by atoms with Gasteiger partial charge in [0.2, 0.25) is 0 Å². The van der Waals surface area contributed by atoms with Gasteiger partial charge in [-0.05, 0) is 56.5 Å². The fourth-order valence-corrected chi connectivity index (χ4v) is 2.46. The molecule has 2 aromatic carbocycles. The van der Waals surface area contributed by atoms with E-state index in [0.717, 1.165) is 28.0 Å². The lowest BCUT2D eigenvalue weighted by Gasteiger charge is -2.11. The Labute approximate surface area is 141 Å². The van der Waals surface area contributed by atoms with Gasteiger partial charge in [-0.25, -0.2) is 9.78 Å². The molecule has 0 radical (unpaired) electrons. The first-order valence-corrected chi connectivity index (χ1v) is 7.88. The predicted molar refractivity (Wildman–Crippen MR) is 93.5 cm³/mol. The van der Waals surface area contributed by atoms with E-state index in [0.29, 0.717) is 5.69 Å². The highest BCUT2D eigenvalue weighted by molar-refractivity contribution is 5.94. The minimum absolute atomic E-state index is 0.169. The van der Waals surface area contributed by atoms with E-state index in [9.17, 15) is 4.79 Å². The molecule has 0 bridgehead atoms. The third kappa shape index (κ3) is 3.54. The summed E-state index contributed by atoms with van der Waals surface area (Å²) in [6.45, 7) is 5.51. The molecule has 0 N–H and O–H groups in total. The van der Waals surface area contributed by atoms with E-state index in [1.54, 1.807) is 6.07 Å². The molecule has 24 heavy (non-hydrogen) atoms. The van der Waals surface area contributed by atoms with Crippen LogP contribution in [-0.2, 0) is 4.74 Å². The van der Waals surface area contributed by atoms with Crippen LogP contribution >= 0.6 is 0 Å². The predicted octanol–water partition coefficient (Wildman–Crippen LogP) is 4.90. The number of esters is 1. The Kier molecular flexibility index (Phi) is 4.47. The summed E-state index contributed by atoms with van der Waals surface area (Å²) in [6, 6.07) is 17.1. The molecule has 0 unspecified atom stereocenters. The van der Waals surface area contributed by atoms with Crippen LogP contribution in [0.3, 0.4) is 0 Å². The van der Waals surface area contributed by atoms with Crippen LogP contribution in [0.25, 0.3) is 10.8 Å². The number of carbonyl (C=O) groups is 1. The molecule has 0 amide bonds. The summed E-state index contributed by atoms with van der Waals surface area (Å²) in [5.41, 5.74) is 1.09. The zero-order chi connectivity index (χ0) is 17.1. The Morgan fingerprint density at radius 1 is 1.00 bits per heavy atom. The van der Waals surface area contributed by atoms with Crippen LogP contribution in [-0.4, -0.2) is 17.1 Å². The molecule has 1 heterocycles. The van der Waals surface area contributed by atoms with E-state index < -0.39 is 5.97 Å². The Morgan fingerprint density at radius 2 is 1.75 bits per heavy atom. The summed E-state index contributed by atoms with van der Waals surface area (Å²) in [6.07, 6.45) is -0.169. The number of carbonyl (C=O) groups excluding carboxylic acids is 1. The highest BCUT2D eigenvalue weighted by atomic mass is 16.5. The second kappa shape index (κ2) is 6.71. The van der Waals surface area contributed by atoms with Crippen molar-refractivity contribution in [1.29, 1.82) is 0 Å². The minimum atomic E-state index is -0.403. The average molecular weight is 321 g/mol. The first-order valence-electron chi connectivity index (χ1n) is 7.88. The van der Waals surface area contributed by atoms with Crippen molar-refractivity contribution in [2.24, 2.45) is 0 Å². The van der Waals surface area contributed by atoms with Crippen molar-refractivity contribution < 1.29 is 14.3 Å². The summed E-state index contributed by atoms with van der Waals surface area (Å²) >= 11 is 0. The second-order valence-corrected chi connectivity index (χ2v) is 5.85. The molecule has 0 aliphatic rings. The Hall–Kier alpha value is -2.88. The molecule has 3 rings (SSSR count). The molecule has 4 heteroatoms. The van der Waals surface area contributed by atoms with Gasteiger partial charge in [0.15, 0.2) is 0 Å². The van der Waals surface area contributed by atoms with E-state index >= 15 is 0 Å². The number of pyridine rings is 1. The van der Waals surface area contributed by atoms with Crippen LogP contribution in [0.2, 0.25) is 0 Å². The van der Waals surface area contributed by atoms with Gasteiger partial charge in [-0.2, -0.15) is 0 Å². The summed E-state index contributed by atoms with van der Waals surface area (Å²) in [5.74, 6) is 1.11. The summed E-state index contributed by atoms with van der Waals surface area (Å²) in [7, 11) is 0. The quantitative estimate of drug-likeness (QED) is 0.641. The van der Waals surface area contributed by atoms with Crippen LogP contribution in [0.4, 0.5) is 0 Å². The zero-order valence-electron chi connectivity index (χ0n) is 13.9. The molecular weight excluding hydrogens is 302 g/mol. The van der Waals surface area contributed by atoms with Gasteiger partial charge in [-0.15, -0.1) is 0 Å². The Balaban J connectivity index is 1.93. The molecule has 0 fully saturated rings. The molecule has 0 saturated heterocycles. The highest BCUT2D eigenvalue weighted by Gasteiger charge is 2.13. The van der Waals surface area contributed by atoms with Gasteiger partial charge in [-0.3, -0.25) is 0 Å². The van der Waals surface area contributed by atoms with Gasteiger partial charge in [0.1, 0.15) is 17.2 Å². The van der Waals surface area contributed by atoms with Crippen molar-refractivity contribution in [1.82, 2.24) is 4.98 Å². The van der Waals surface area contributed by atoms with Gasteiger partial charge >= 0.3 is 5.97 Å². The second-order valence-electron chi connectivity index (χ2n) is 5.85. The fourth-order valence-electron chi connectivity index (χ4n) is 2.46. The summed E-state index contributed by atoms with van der Waals surface area (Å²) in [5, 5.41) is 1.88. The number of ether oxygens (including phenoxy) is 2. The topological polar surface area (TPSA) is 48.4 Å². The molecule has 0 saturated carbocycles. The maximum Gasteiger partial charge on any atom is 0.357 e. The van der Waals surface area contributed by atoms with Crippen molar-refractivity contribution in [2.45, 2.75) is 26.9 Å². The molecule has 0 aliphatic heterocycles. The molecule has 122 valence electrons. The van der Waals surface area contributed by atoms with Crippen LogP contribution in [0.15, 0.2) is 54.6 Å². The Morgan fingerprint density at radius 3 is 2.46 bits per heavy atom. The number of fused-ring (bicyclic) bond motifs is 1. The number of para-hydroxylation sites is 1. The van der Waals surface area contributed by atoms with Crippen LogP contribution in [0.5, 0.6) is 11.5 Å². The lowest BCUT2D eigenvalue weighted by atomic mass is 10.1. The SMILES string of the molecule is Cc1nc(C(=O)OC(C)C)cc2ccc(Oc3ccccc3)cc12. The number of rotatable bonds is 4. The van der Waals surface area contributed by atoms with Crippen LogP contribution in [0, 0.1) is 6.92 Å². The van der Waals surface area contributed by atoms with Gasteiger partial charge < -0.3 is 9.47 Å². The third-order valence-electron chi connectivity index (χ3n) is 3.53. The van der Waals surface area contributed by atoms with E-state index in [1.165, 1.54) is 0 Å². The van der Waals surface area contributed by atoms with Gasteiger partial charge in [0.05, 0.1) is 6.10 Å². The summed E-state index contributed by atoms with van der Waals surface area (Å²) < 4.78 is 11.1. The minimum Gasteiger partial charge on any atom is -0.458 e. The van der Waals surface area contributed by atoms with Crippen molar-refractivity contribution in [3.63, 3.8) is 0 Å². The molecule has 3 aromatic rings. The van der Waals surface area contributed by atoms with E-state index in [1.807, 2.05) is 69.3 Å². The van der Waals surface area contributed by atoms with Crippen molar-refractivity contribution in [2.75, 3.05) is 0 Å². The monoisotopic (exact) mass is 321 g/mol. The maximum absolute atomic E-state index is 12.0. The number of benzene rings is 2. The summed E-state index contributed by atoms with van der Waals surface area (Å²) in [4.78, 5) is 16.4. The normalized spacial score (nSPS) is 10.8.